The van der Waals surface area contributed by atoms with Gasteiger partial charge in [0.1, 0.15) is 5.75 Å². The molecule has 118 valence electrons. The highest BCUT2D eigenvalue weighted by Gasteiger charge is 2.23. The Hall–Kier alpha value is -1.64. The first-order chi connectivity index (χ1) is 9.55. The van der Waals surface area contributed by atoms with Crippen molar-refractivity contribution < 1.29 is 28.2 Å². The molecule has 3 N–H and O–H groups in total. The van der Waals surface area contributed by atoms with Gasteiger partial charge in [-0.3, -0.25) is 4.79 Å². The summed E-state index contributed by atoms with van der Waals surface area (Å²) in [5, 5.41) is 18.5. The van der Waals surface area contributed by atoms with Crippen molar-refractivity contribution in [3.63, 3.8) is 0 Å². The molecule has 0 aliphatic carbocycles. The Morgan fingerprint density at radius 3 is 2.48 bits per heavy atom. The standard InChI is InChI=1S/C13H19NO6S/c1-13(2,17)8-14-21(18,19)11-5-4-10(20-3)6-9(11)7-12(15)16/h4-6,14,17H,7-8H2,1-3H3,(H,15,16). The Kier molecular flexibility index (Phi) is 5.32. The summed E-state index contributed by atoms with van der Waals surface area (Å²) in [6.45, 7) is 2.73. The van der Waals surface area contributed by atoms with Crippen molar-refractivity contribution in [3.05, 3.63) is 23.8 Å². The number of nitrogens with one attached hydrogen (secondary N) is 1. The molecular weight excluding hydrogens is 298 g/mol. The second kappa shape index (κ2) is 6.42. The number of hydrogen-bond donors (Lipinski definition) is 3. The third-order valence-electron chi connectivity index (χ3n) is 2.59. The Morgan fingerprint density at radius 1 is 1.38 bits per heavy atom. The van der Waals surface area contributed by atoms with E-state index in [0.717, 1.165) is 0 Å². The molecule has 0 aromatic heterocycles. The smallest absolute Gasteiger partial charge is 0.307 e. The first kappa shape index (κ1) is 17.4. The maximum absolute atomic E-state index is 12.2. The molecule has 0 aliphatic rings. The summed E-state index contributed by atoms with van der Waals surface area (Å²) in [6.07, 6.45) is -0.448. The van der Waals surface area contributed by atoms with Crippen LogP contribution in [0, 0.1) is 0 Å². The van der Waals surface area contributed by atoms with Crippen molar-refractivity contribution >= 4 is 16.0 Å². The van der Waals surface area contributed by atoms with E-state index in [-0.39, 0.29) is 17.0 Å². The Morgan fingerprint density at radius 2 is 2.00 bits per heavy atom. The zero-order valence-electron chi connectivity index (χ0n) is 12.1. The van der Waals surface area contributed by atoms with Crippen molar-refractivity contribution in [1.82, 2.24) is 4.72 Å². The molecule has 1 rings (SSSR count). The van der Waals surface area contributed by atoms with E-state index < -0.39 is 28.0 Å². The van der Waals surface area contributed by atoms with Crippen LogP contribution >= 0.6 is 0 Å². The van der Waals surface area contributed by atoms with E-state index in [4.69, 9.17) is 9.84 Å². The fourth-order valence-electron chi connectivity index (χ4n) is 1.60. The van der Waals surface area contributed by atoms with Crippen LogP contribution in [-0.4, -0.2) is 43.9 Å². The predicted octanol–water partition coefficient (Wildman–Crippen LogP) is 0.371. The van der Waals surface area contributed by atoms with E-state index >= 15 is 0 Å². The first-order valence-electron chi connectivity index (χ1n) is 6.16. The van der Waals surface area contributed by atoms with E-state index in [9.17, 15) is 18.3 Å². The van der Waals surface area contributed by atoms with E-state index in [1.165, 1.54) is 39.2 Å². The minimum atomic E-state index is -3.92. The van der Waals surface area contributed by atoms with Gasteiger partial charge in [-0.25, -0.2) is 13.1 Å². The molecule has 21 heavy (non-hydrogen) atoms. The molecule has 0 unspecified atom stereocenters. The monoisotopic (exact) mass is 317 g/mol. The van der Waals surface area contributed by atoms with Gasteiger partial charge in [0.25, 0.3) is 0 Å². The lowest BCUT2D eigenvalue weighted by Crippen LogP contribution is -2.38. The summed E-state index contributed by atoms with van der Waals surface area (Å²) >= 11 is 0. The third kappa shape index (κ3) is 5.33. The lowest BCUT2D eigenvalue weighted by molar-refractivity contribution is -0.136. The molecule has 8 heteroatoms. The fourth-order valence-corrected chi connectivity index (χ4v) is 3.02. The molecule has 1 aromatic rings. The van der Waals surface area contributed by atoms with Gasteiger partial charge in [0, 0.05) is 6.54 Å². The number of benzene rings is 1. The van der Waals surface area contributed by atoms with Gasteiger partial charge in [0.2, 0.25) is 10.0 Å². The van der Waals surface area contributed by atoms with Gasteiger partial charge in [-0.1, -0.05) is 0 Å². The number of rotatable bonds is 7. The van der Waals surface area contributed by atoms with E-state index in [2.05, 4.69) is 4.72 Å². The minimum Gasteiger partial charge on any atom is -0.497 e. The second-order valence-electron chi connectivity index (χ2n) is 5.18. The molecule has 0 saturated carbocycles. The van der Waals surface area contributed by atoms with Crippen LogP contribution in [0.2, 0.25) is 0 Å². The van der Waals surface area contributed by atoms with Crippen LogP contribution in [0.1, 0.15) is 19.4 Å². The van der Waals surface area contributed by atoms with E-state index in [0.29, 0.717) is 5.75 Å². The van der Waals surface area contributed by atoms with E-state index in [1.54, 1.807) is 0 Å². The number of aliphatic carboxylic acids is 1. The summed E-state index contributed by atoms with van der Waals surface area (Å²) in [4.78, 5) is 10.7. The van der Waals surface area contributed by atoms with Gasteiger partial charge >= 0.3 is 5.97 Å². The number of hydrogen-bond acceptors (Lipinski definition) is 5. The highest BCUT2D eigenvalue weighted by atomic mass is 32.2. The van der Waals surface area contributed by atoms with Crippen LogP contribution in [0.4, 0.5) is 0 Å². The highest BCUT2D eigenvalue weighted by molar-refractivity contribution is 7.89. The molecule has 0 spiro atoms. The maximum atomic E-state index is 12.2. The summed E-state index contributed by atoms with van der Waals surface area (Å²) in [6, 6.07) is 4.08. The lowest BCUT2D eigenvalue weighted by Gasteiger charge is -2.18. The van der Waals surface area contributed by atoms with Gasteiger partial charge in [0.15, 0.2) is 0 Å². The number of aliphatic hydroxyl groups is 1. The third-order valence-corrected chi connectivity index (χ3v) is 4.10. The van der Waals surface area contributed by atoms with Gasteiger partial charge in [-0.05, 0) is 37.6 Å². The van der Waals surface area contributed by atoms with Crippen molar-refractivity contribution in [3.8, 4) is 5.75 Å². The Labute approximate surface area is 123 Å². The Balaban J connectivity index is 3.18. The number of sulfonamides is 1. The second-order valence-corrected chi connectivity index (χ2v) is 6.92. The molecule has 0 radical (unpaired) electrons. The molecule has 0 aliphatic heterocycles. The molecule has 0 saturated heterocycles. The first-order valence-corrected chi connectivity index (χ1v) is 7.64. The predicted molar refractivity (Wildman–Crippen MR) is 75.8 cm³/mol. The van der Waals surface area contributed by atoms with Crippen molar-refractivity contribution in [2.75, 3.05) is 13.7 Å². The summed E-state index contributed by atoms with van der Waals surface area (Å²) < 4.78 is 31.7. The number of carboxylic acids is 1. The molecule has 0 fully saturated rings. The quantitative estimate of drug-likeness (QED) is 0.670. The molecular formula is C13H19NO6S. The van der Waals surface area contributed by atoms with Crippen LogP contribution < -0.4 is 9.46 Å². The van der Waals surface area contributed by atoms with Crippen molar-refractivity contribution in [1.29, 1.82) is 0 Å². The van der Waals surface area contributed by atoms with Gasteiger partial charge in [-0.2, -0.15) is 0 Å². The summed E-state index contributed by atoms with van der Waals surface area (Å²) in [5.74, 6) is -0.783. The van der Waals surface area contributed by atoms with Crippen LogP contribution in [0.3, 0.4) is 0 Å². The lowest BCUT2D eigenvalue weighted by atomic mass is 10.1. The highest BCUT2D eigenvalue weighted by Crippen LogP contribution is 2.22. The molecule has 7 nitrogen and oxygen atoms in total. The fraction of sp³-hybridized carbons (Fsp3) is 0.462. The Bertz CT molecular complexity index is 618. The van der Waals surface area contributed by atoms with E-state index in [1.807, 2.05) is 0 Å². The average Bonchev–Trinajstić information content (AvgIpc) is 2.34. The summed E-state index contributed by atoms with van der Waals surface area (Å²) in [7, 11) is -2.52. The topological polar surface area (TPSA) is 113 Å². The normalized spacial score (nSPS) is 12.2. The van der Waals surface area contributed by atoms with Crippen molar-refractivity contribution in [2.24, 2.45) is 0 Å². The number of carbonyl (C=O) groups is 1. The molecule has 1 aromatic carbocycles. The van der Waals surface area contributed by atoms with Gasteiger partial charge < -0.3 is 14.9 Å². The number of ether oxygens (including phenoxy) is 1. The van der Waals surface area contributed by atoms with Gasteiger partial charge in [-0.15, -0.1) is 0 Å². The number of carboxylic acid groups (broad SMARTS) is 1. The minimum absolute atomic E-state index is 0.116. The number of methoxy groups -OCH3 is 1. The molecule has 0 atom stereocenters. The SMILES string of the molecule is COc1ccc(S(=O)(=O)NCC(C)(C)O)c(CC(=O)O)c1. The van der Waals surface area contributed by atoms with Gasteiger partial charge in [0.05, 0.1) is 24.0 Å². The molecule has 0 amide bonds. The zero-order chi connectivity index (χ0) is 16.3. The molecule has 0 heterocycles. The largest absolute Gasteiger partial charge is 0.497 e. The average molecular weight is 317 g/mol. The summed E-state index contributed by atoms with van der Waals surface area (Å²) in [5.41, 5.74) is -1.10. The van der Waals surface area contributed by atoms with Crippen molar-refractivity contribution in [2.45, 2.75) is 30.8 Å². The van der Waals surface area contributed by atoms with Crippen LogP contribution in [-0.2, 0) is 21.2 Å². The zero-order valence-corrected chi connectivity index (χ0v) is 12.9. The van der Waals surface area contributed by atoms with Crippen LogP contribution in [0.5, 0.6) is 5.75 Å². The maximum Gasteiger partial charge on any atom is 0.307 e. The molecule has 0 bridgehead atoms. The van der Waals surface area contributed by atoms with Crippen LogP contribution in [0.15, 0.2) is 23.1 Å². The van der Waals surface area contributed by atoms with Crippen LogP contribution in [0.25, 0.3) is 0 Å².